The van der Waals surface area contributed by atoms with E-state index in [1.807, 2.05) is 0 Å². The van der Waals surface area contributed by atoms with E-state index >= 15 is 0 Å². The van der Waals surface area contributed by atoms with E-state index in [2.05, 4.69) is 9.97 Å². The third kappa shape index (κ3) is 4.63. The van der Waals surface area contributed by atoms with Crippen LogP contribution in [0.25, 0.3) is 11.5 Å². The Bertz CT molecular complexity index is 1850. The largest absolute Gasteiger partial charge is 0.482 e. The number of rotatable bonds is 4. The minimum absolute atomic E-state index is 0.0955. The van der Waals surface area contributed by atoms with Gasteiger partial charge in [-0.3, -0.25) is 23.7 Å². The van der Waals surface area contributed by atoms with Gasteiger partial charge in [-0.15, -0.1) is 0 Å². The van der Waals surface area contributed by atoms with Gasteiger partial charge in [0.2, 0.25) is 0 Å². The summed E-state index contributed by atoms with van der Waals surface area (Å²) in [7, 11) is 0. The van der Waals surface area contributed by atoms with Crippen LogP contribution in [0.15, 0.2) is 58.5 Å². The number of pyridine rings is 4. The second-order valence-electron chi connectivity index (χ2n) is 10.6. The zero-order valence-corrected chi connectivity index (χ0v) is 22.7. The maximum atomic E-state index is 13.8. The molecule has 6 rings (SSSR count). The van der Waals surface area contributed by atoms with Crippen LogP contribution in [0.2, 0.25) is 5.02 Å². The van der Waals surface area contributed by atoms with Crippen LogP contribution in [0.1, 0.15) is 70.0 Å². The van der Waals surface area contributed by atoms with Crippen molar-refractivity contribution in [2.45, 2.75) is 64.0 Å². The van der Waals surface area contributed by atoms with E-state index < -0.39 is 35.0 Å². The lowest BCUT2D eigenvalue weighted by atomic mass is 10.00. The second kappa shape index (κ2) is 9.98. The monoisotopic (exact) mass is 564 g/mol. The first-order chi connectivity index (χ1) is 19.8. The molecule has 8 nitrogen and oxygen atoms in total. The Balaban J connectivity index is 1.45. The van der Waals surface area contributed by atoms with Crippen LogP contribution in [0.3, 0.4) is 0 Å². The molecular weight excluding hydrogens is 535 g/mol. The maximum Gasteiger partial charge on any atom is 0.277 e. The van der Waals surface area contributed by atoms with E-state index in [-0.39, 0.29) is 39.8 Å². The highest BCUT2D eigenvalue weighted by Gasteiger charge is 2.29. The topological polar surface area (TPSA) is 99.2 Å². The molecule has 0 spiro atoms. The number of aryl methyl sites for hydroxylation is 3. The fourth-order valence-electron chi connectivity index (χ4n) is 5.30. The van der Waals surface area contributed by atoms with E-state index in [9.17, 15) is 19.1 Å². The van der Waals surface area contributed by atoms with Crippen LogP contribution < -0.4 is 15.9 Å². The van der Waals surface area contributed by atoms with Gasteiger partial charge in [0.15, 0.2) is 0 Å². The van der Waals surface area contributed by atoms with E-state index in [1.165, 1.54) is 23.0 Å². The molecular formula is C30H28ClFN4O4. The predicted molar refractivity (Wildman–Crippen MR) is 148 cm³/mol. The molecule has 4 aromatic rings. The van der Waals surface area contributed by atoms with Gasteiger partial charge in [0.1, 0.15) is 28.5 Å². The van der Waals surface area contributed by atoms with Gasteiger partial charge in [-0.2, -0.15) is 0 Å². The Labute approximate surface area is 237 Å². The summed E-state index contributed by atoms with van der Waals surface area (Å²) in [4.78, 5) is 35.7. The molecule has 1 aliphatic carbocycles. The molecule has 1 aliphatic heterocycles. The van der Waals surface area contributed by atoms with Crippen molar-refractivity contribution in [1.82, 2.24) is 19.1 Å². The summed E-state index contributed by atoms with van der Waals surface area (Å²) in [6.45, 7) is 3.07. The van der Waals surface area contributed by atoms with Crippen LogP contribution in [0.5, 0.6) is 5.75 Å². The number of ether oxygens (including phenoxy) is 1. The highest BCUT2D eigenvalue weighted by Crippen LogP contribution is 2.37. The van der Waals surface area contributed by atoms with E-state index in [1.54, 1.807) is 36.7 Å². The summed E-state index contributed by atoms with van der Waals surface area (Å²) in [5.74, 6) is -0.266. The molecule has 0 amide bonds. The van der Waals surface area contributed by atoms with Crippen molar-refractivity contribution in [2.75, 3.05) is 0 Å². The lowest BCUT2D eigenvalue weighted by molar-refractivity contribution is 0.0767. The fourth-order valence-corrected chi connectivity index (χ4v) is 5.49. The Hall–Kier alpha value is -3.82. The Morgan fingerprint density at radius 1 is 1.12 bits per heavy atom. The zero-order valence-electron chi connectivity index (χ0n) is 23.9. The number of halogens is 2. The van der Waals surface area contributed by atoms with Gasteiger partial charge < -0.3 is 9.84 Å². The minimum Gasteiger partial charge on any atom is -0.482 e. The summed E-state index contributed by atoms with van der Waals surface area (Å²) in [5, 5.41) is 10.3. The summed E-state index contributed by atoms with van der Waals surface area (Å²) in [6.07, 6.45) is 4.22. The first kappa shape index (κ1) is 24.0. The lowest BCUT2D eigenvalue weighted by Gasteiger charge is -2.23. The van der Waals surface area contributed by atoms with Crippen LogP contribution in [0, 0.1) is 5.82 Å². The molecule has 0 saturated carbocycles. The van der Waals surface area contributed by atoms with Gasteiger partial charge in [-0.05, 0) is 81.7 Å². The molecule has 0 saturated heterocycles. The SMILES string of the molecule is [2H]C1([2H])CC(Oc2cc3n(c(=O)c2Cl)-c2cc(-n4cccc(C(C)(C)O)c4=O)ncc2CCCC3)c2ncc(F)cc21. The zero-order chi connectivity index (χ0) is 30.0. The van der Waals surface area contributed by atoms with Crippen molar-refractivity contribution in [3.8, 4) is 17.3 Å². The van der Waals surface area contributed by atoms with Crippen molar-refractivity contribution < 1.29 is 17.0 Å². The quantitative estimate of drug-likeness (QED) is 0.384. The van der Waals surface area contributed by atoms with Crippen molar-refractivity contribution in [2.24, 2.45) is 0 Å². The predicted octanol–water partition coefficient (Wildman–Crippen LogP) is 4.74. The van der Waals surface area contributed by atoms with Gasteiger partial charge in [0.05, 0.1) is 23.2 Å². The van der Waals surface area contributed by atoms with E-state index in [0.29, 0.717) is 24.2 Å². The number of hydrogen-bond acceptors (Lipinski definition) is 6. The standard InChI is InChI=1S/C30H28ClFN4O4/c1-30(2,39)21-8-5-11-35(28(21)37)25-14-22-18(15-33-25)6-3-4-7-20-13-24(26(31)29(38)36(20)22)40-23-10-9-17-12-19(32)16-34-27(17)23/h5,8,11-16,23,39H,3-4,6-7,9-10H2,1-2H3/i9D2. The van der Waals surface area contributed by atoms with Gasteiger partial charge in [0, 0.05) is 38.5 Å². The average Bonchev–Trinajstić information content (AvgIpc) is 3.16. The molecule has 40 heavy (non-hydrogen) atoms. The van der Waals surface area contributed by atoms with Crippen molar-refractivity contribution >= 4 is 11.6 Å². The van der Waals surface area contributed by atoms with Crippen LogP contribution in [0.4, 0.5) is 4.39 Å². The highest BCUT2D eigenvalue weighted by molar-refractivity contribution is 6.31. The molecule has 206 valence electrons. The van der Waals surface area contributed by atoms with Gasteiger partial charge >= 0.3 is 0 Å². The van der Waals surface area contributed by atoms with E-state index in [0.717, 1.165) is 30.7 Å². The average molecular weight is 565 g/mol. The van der Waals surface area contributed by atoms with Crippen LogP contribution in [-0.2, 0) is 24.8 Å². The second-order valence-corrected chi connectivity index (χ2v) is 10.9. The summed E-state index contributed by atoms with van der Waals surface area (Å²) in [6, 6.07) is 7.68. The molecule has 1 unspecified atom stereocenters. The van der Waals surface area contributed by atoms with E-state index in [4.69, 9.17) is 19.1 Å². The molecule has 5 heterocycles. The van der Waals surface area contributed by atoms with Gasteiger partial charge in [0.25, 0.3) is 11.1 Å². The van der Waals surface area contributed by atoms with Crippen molar-refractivity contribution in [1.29, 1.82) is 0 Å². The third-order valence-electron chi connectivity index (χ3n) is 7.30. The smallest absolute Gasteiger partial charge is 0.277 e. The molecule has 0 aromatic carbocycles. The minimum atomic E-state index is -1.86. The molecule has 0 bridgehead atoms. The molecule has 1 atom stereocenters. The van der Waals surface area contributed by atoms with Gasteiger partial charge in [-0.25, -0.2) is 9.37 Å². The van der Waals surface area contributed by atoms with Crippen molar-refractivity contribution in [3.05, 3.63) is 109 Å². The molecule has 0 fully saturated rings. The molecule has 2 aliphatic rings. The lowest BCUT2D eigenvalue weighted by Crippen LogP contribution is -2.31. The molecule has 4 aromatic heterocycles. The summed E-state index contributed by atoms with van der Waals surface area (Å²) in [5.41, 5.74) is 0.238. The first-order valence-electron chi connectivity index (χ1n) is 14.1. The number of aliphatic hydroxyl groups is 1. The normalized spacial score (nSPS) is 18.5. The molecule has 0 radical (unpaired) electrons. The summed E-state index contributed by atoms with van der Waals surface area (Å²) < 4.78 is 39.4. The molecule has 10 heteroatoms. The van der Waals surface area contributed by atoms with Gasteiger partial charge in [-0.1, -0.05) is 11.6 Å². The van der Waals surface area contributed by atoms with Crippen molar-refractivity contribution in [3.63, 3.8) is 0 Å². The highest BCUT2D eigenvalue weighted by atomic mass is 35.5. The maximum absolute atomic E-state index is 13.8. The Kier molecular flexibility index (Phi) is 5.99. The number of fused-ring (bicyclic) bond motifs is 4. The van der Waals surface area contributed by atoms with Crippen LogP contribution in [-0.4, -0.2) is 24.2 Å². The Morgan fingerprint density at radius 3 is 2.73 bits per heavy atom. The fraction of sp³-hybridized carbons (Fsp3) is 0.333. The number of hydrogen-bond donors (Lipinski definition) is 1. The molecule has 1 N–H and O–H groups in total. The number of aromatic nitrogens is 4. The Morgan fingerprint density at radius 2 is 1.93 bits per heavy atom. The van der Waals surface area contributed by atoms with Crippen LogP contribution >= 0.6 is 11.6 Å². The first-order valence-corrected chi connectivity index (χ1v) is 13.4. The summed E-state index contributed by atoms with van der Waals surface area (Å²) >= 11 is 6.61. The number of nitrogens with zero attached hydrogens (tertiary/aromatic N) is 4. The third-order valence-corrected chi connectivity index (χ3v) is 7.65.